The second kappa shape index (κ2) is 11.0. The van der Waals surface area contributed by atoms with E-state index in [2.05, 4.69) is 10.6 Å². The first-order valence-electron chi connectivity index (χ1n) is 11.1. The van der Waals surface area contributed by atoms with Crippen LogP contribution in [0.1, 0.15) is 28.9 Å². The molecule has 2 N–H and O–H groups in total. The molecule has 4 aromatic rings. The molecule has 2 amide bonds. The fraction of sp³-hybridized carbons (Fsp3) is 0.103. The van der Waals surface area contributed by atoms with Gasteiger partial charge in [0.15, 0.2) is 6.61 Å². The Labute approximate surface area is 199 Å². The molecule has 1 unspecified atom stereocenters. The second-order valence-corrected chi connectivity index (χ2v) is 7.91. The van der Waals surface area contributed by atoms with Gasteiger partial charge in [-0.15, -0.1) is 0 Å². The average molecular weight is 451 g/mol. The molecular weight excluding hydrogens is 424 g/mol. The van der Waals surface area contributed by atoms with Crippen molar-refractivity contribution in [2.24, 2.45) is 0 Å². The zero-order chi connectivity index (χ0) is 23.8. The quantitative estimate of drug-likeness (QED) is 0.353. The minimum Gasteiger partial charge on any atom is -0.484 e. The lowest BCUT2D eigenvalue weighted by atomic mass is 10.1. The summed E-state index contributed by atoms with van der Waals surface area (Å²) in [5.41, 5.74) is 4.23. The predicted molar refractivity (Wildman–Crippen MR) is 135 cm³/mol. The van der Waals surface area contributed by atoms with Gasteiger partial charge in [0, 0.05) is 11.3 Å². The van der Waals surface area contributed by atoms with Crippen LogP contribution in [0.2, 0.25) is 0 Å². The molecule has 1 atom stereocenters. The molecule has 0 aliphatic rings. The molecule has 34 heavy (non-hydrogen) atoms. The largest absolute Gasteiger partial charge is 0.484 e. The number of hydrogen-bond acceptors (Lipinski definition) is 3. The van der Waals surface area contributed by atoms with Gasteiger partial charge in [-0.3, -0.25) is 9.59 Å². The molecule has 0 aromatic heterocycles. The lowest BCUT2D eigenvalue weighted by Crippen LogP contribution is -2.27. The SMILES string of the molecule is CC(NC(=O)c1cccc(NC(=O)COc2ccc(-c3ccccc3)cc2)c1)c1ccccc1. The molecule has 4 rings (SSSR count). The molecule has 0 saturated carbocycles. The summed E-state index contributed by atoms with van der Waals surface area (Å²) >= 11 is 0. The van der Waals surface area contributed by atoms with Crippen LogP contribution in [-0.2, 0) is 4.79 Å². The first-order valence-corrected chi connectivity index (χ1v) is 11.1. The van der Waals surface area contributed by atoms with Gasteiger partial charge in [0.25, 0.3) is 11.8 Å². The fourth-order valence-electron chi connectivity index (χ4n) is 3.56. The number of ether oxygens (including phenoxy) is 1. The van der Waals surface area contributed by atoms with Gasteiger partial charge in [-0.1, -0.05) is 78.9 Å². The van der Waals surface area contributed by atoms with Gasteiger partial charge < -0.3 is 15.4 Å². The predicted octanol–water partition coefficient (Wildman–Crippen LogP) is 5.86. The smallest absolute Gasteiger partial charge is 0.262 e. The number of carbonyl (C=O) groups is 2. The van der Waals surface area contributed by atoms with E-state index in [0.29, 0.717) is 17.0 Å². The molecule has 0 heterocycles. The zero-order valence-electron chi connectivity index (χ0n) is 18.9. The molecule has 0 fully saturated rings. The Kier molecular flexibility index (Phi) is 7.35. The van der Waals surface area contributed by atoms with Crippen LogP contribution in [0.15, 0.2) is 109 Å². The lowest BCUT2D eigenvalue weighted by molar-refractivity contribution is -0.118. The Morgan fingerprint density at radius 2 is 1.41 bits per heavy atom. The lowest BCUT2D eigenvalue weighted by Gasteiger charge is -2.15. The third-order valence-electron chi connectivity index (χ3n) is 5.39. The fourth-order valence-corrected chi connectivity index (χ4v) is 3.56. The molecule has 0 saturated heterocycles. The Hall–Kier alpha value is -4.38. The van der Waals surface area contributed by atoms with E-state index in [1.54, 1.807) is 24.3 Å². The number of nitrogens with one attached hydrogen (secondary N) is 2. The topological polar surface area (TPSA) is 67.4 Å². The van der Waals surface area contributed by atoms with Crippen LogP contribution in [0, 0.1) is 0 Å². The van der Waals surface area contributed by atoms with Crippen molar-refractivity contribution < 1.29 is 14.3 Å². The number of amides is 2. The summed E-state index contributed by atoms with van der Waals surface area (Å²) < 4.78 is 5.62. The first kappa shape index (κ1) is 22.8. The van der Waals surface area contributed by atoms with Gasteiger partial charge in [-0.25, -0.2) is 0 Å². The van der Waals surface area contributed by atoms with Gasteiger partial charge in [0.1, 0.15) is 5.75 Å². The van der Waals surface area contributed by atoms with E-state index in [1.165, 1.54) is 0 Å². The molecule has 0 aliphatic carbocycles. The van der Waals surface area contributed by atoms with Crippen molar-refractivity contribution in [3.8, 4) is 16.9 Å². The monoisotopic (exact) mass is 450 g/mol. The maximum Gasteiger partial charge on any atom is 0.262 e. The number of benzene rings is 4. The normalized spacial score (nSPS) is 11.3. The maximum absolute atomic E-state index is 12.7. The number of carbonyl (C=O) groups excluding carboxylic acids is 2. The number of rotatable bonds is 8. The Morgan fingerprint density at radius 1 is 0.765 bits per heavy atom. The molecule has 170 valence electrons. The molecule has 5 heteroatoms. The van der Waals surface area contributed by atoms with Crippen LogP contribution in [-0.4, -0.2) is 18.4 Å². The van der Waals surface area contributed by atoms with E-state index in [4.69, 9.17) is 4.74 Å². The summed E-state index contributed by atoms with van der Waals surface area (Å²) in [5.74, 6) is 0.0995. The molecule has 4 aromatic carbocycles. The zero-order valence-corrected chi connectivity index (χ0v) is 18.9. The number of hydrogen-bond donors (Lipinski definition) is 2. The Balaban J connectivity index is 1.30. The summed E-state index contributed by atoms with van der Waals surface area (Å²) in [6.07, 6.45) is 0. The summed E-state index contributed by atoms with van der Waals surface area (Å²) in [4.78, 5) is 25.0. The highest BCUT2D eigenvalue weighted by atomic mass is 16.5. The third-order valence-corrected chi connectivity index (χ3v) is 5.39. The van der Waals surface area contributed by atoms with Crippen molar-refractivity contribution >= 4 is 17.5 Å². The highest BCUT2D eigenvalue weighted by molar-refractivity contribution is 5.97. The van der Waals surface area contributed by atoms with Crippen molar-refractivity contribution in [2.75, 3.05) is 11.9 Å². The van der Waals surface area contributed by atoms with E-state index in [-0.39, 0.29) is 24.5 Å². The standard InChI is InChI=1S/C29H26N2O3/c1-21(22-9-4-2-5-10-22)30-29(33)25-13-8-14-26(19-25)31-28(32)20-34-27-17-15-24(16-18-27)23-11-6-3-7-12-23/h2-19,21H,20H2,1H3,(H,30,33)(H,31,32). The van der Waals surface area contributed by atoms with Crippen LogP contribution in [0.4, 0.5) is 5.69 Å². The highest BCUT2D eigenvalue weighted by Crippen LogP contribution is 2.22. The molecule has 0 radical (unpaired) electrons. The minimum absolute atomic E-state index is 0.131. The van der Waals surface area contributed by atoms with Crippen LogP contribution < -0.4 is 15.4 Å². The summed E-state index contributed by atoms with van der Waals surface area (Å²) in [6, 6.07) is 34.1. The third kappa shape index (κ3) is 6.11. The van der Waals surface area contributed by atoms with E-state index in [1.807, 2.05) is 91.9 Å². The van der Waals surface area contributed by atoms with Crippen molar-refractivity contribution in [3.05, 3.63) is 120 Å². The summed E-state index contributed by atoms with van der Waals surface area (Å²) in [6.45, 7) is 1.80. The van der Waals surface area contributed by atoms with Gasteiger partial charge in [0.05, 0.1) is 6.04 Å². The maximum atomic E-state index is 12.7. The van der Waals surface area contributed by atoms with Crippen LogP contribution in [0.5, 0.6) is 5.75 Å². The van der Waals surface area contributed by atoms with E-state index < -0.39 is 0 Å². The van der Waals surface area contributed by atoms with Gasteiger partial charge in [-0.05, 0) is 53.9 Å². The summed E-state index contributed by atoms with van der Waals surface area (Å²) in [7, 11) is 0. The minimum atomic E-state index is -0.303. The molecule has 5 nitrogen and oxygen atoms in total. The van der Waals surface area contributed by atoms with Gasteiger partial charge >= 0.3 is 0 Å². The van der Waals surface area contributed by atoms with E-state index in [0.717, 1.165) is 16.7 Å². The van der Waals surface area contributed by atoms with Crippen molar-refractivity contribution in [1.29, 1.82) is 0 Å². The van der Waals surface area contributed by atoms with Crippen LogP contribution in [0.25, 0.3) is 11.1 Å². The first-order chi connectivity index (χ1) is 16.6. The van der Waals surface area contributed by atoms with Crippen molar-refractivity contribution in [1.82, 2.24) is 5.32 Å². The number of anilines is 1. The van der Waals surface area contributed by atoms with Crippen molar-refractivity contribution in [3.63, 3.8) is 0 Å². The molecule has 0 aliphatic heterocycles. The van der Waals surface area contributed by atoms with Crippen LogP contribution >= 0.6 is 0 Å². The Bertz CT molecular complexity index is 1240. The van der Waals surface area contributed by atoms with E-state index >= 15 is 0 Å². The molecule has 0 spiro atoms. The Morgan fingerprint density at radius 3 is 2.12 bits per heavy atom. The highest BCUT2D eigenvalue weighted by Gasteiger charge is 2.12. The second-order valence-electron chi connectivity index (χ2n) is 7.91. The van der Waals surface area contributed by atoms with Gasteiger partial charge in [-0.2, -0.15) is 0 Å². The molecular formula is C29H26N2O3. The van der Waals surface area contributed by atoms with Gasteiger partial charge in [0.2, 0.25) is 0 Å². The van der Waals surface area contributed by atoms with Crippen LogP contribution in [0.3, 0.4) is 0 Å². The van der Waals surface area contributed by atoms with E-state index in [9.17, 15) is 9.59 Å². The summed E-state index contributed by atoms with van der Waals surface area (Å²) in [5, 5.41) is 5.77. The average Bonchev–Trinajstić information content (AvgIpc) is 2.89. The van der Waals surface area contributed by atoms with Crippen molar-refractivity contribution in [2.45, 2.75) is 13.0 Å². The molecule has 0 bridgehead atoms.